The molecule has 7 saturated heterocycles. The molecule has 7 aliphatic rings. The van der Waals surface area contributed by atoms with Gasteiger partial charge < -0.3 is 179 Å². The number of hydrogen-bond acceptors (Lipinski definition) is 36. The lowest BCUT2D eigenvalue weighted by molar-refractivity contribution is -0.397. The third-order valence-corrected chi connectivity index (χ3v) is 24.8. The fourth-order valence-corrected chi connectivity index (χ4v) is 17.2. The molecule has 0 aliphatic carbocycles. The van der Waals surface area contributed by atoms with E-state index in [2.05, 4.69) is 29.8 Å². The van der Waals surface area contributed by atoms with Crippen LogP contribution in [0.1, 0.15) is 247 Å². The van der Waals surface area contributed by atoms with E-state index in [-0.39, 0.29) is 12.3 Å². The lowest BCUT2D eigenvalue weighted by atomic mass is 9.93. The third-order valence-electron chi connectivity index (χ3n) is 24.8. The first-order chi connectivity index (χ1) is 60.0. The van der Waals surface area contributed by atoms with Gasteiger partial charge in [0.1, 0.15) is 159 Å². The molecule has 7 aliphatic heterocycles. The van der Waals surface area contributed by atoms with Gasteiger partial charge in [-0.1, -0.05) is 206 Å². The lowest BCUT2D eigenvalue weighted by Gasteiger charge is -2.52. The van der Waals surface area contributed by atoms with Gasteiger partial charge in [0.25, 0.3) is 0 Å². The number of aliphatic hydroxyl groups excluding tert-OH is 19. The van der Waals surface area contributed by atoms with Crippen LogP contribution in [0.4, 0.5) is 0 Å². The number of hydrogen-bond donors (Lipinski definition) is 22. The molecule has 730 valence electrons. The zero-order valence-electron chi connectivity index (χ0n) is 73.8. The fraction of sp³-hybridized carbons (Fsp3) is 0.942. The Bertz CT molecular complexity index is 2970. The molecule has 0 aromatic heterocycles. The summed E-state index contributed by atoms with van der Waals surface area (Å²) < 4.78 is 84.7. The van der Waals surface area contributed by atoms with E-state index in [0.717, 1.165) is 65.2 Å². The van der Waals surface area contributed by atoms with Crippen molar-refractivity contribution in [1.82, 2.24) is 16.0 Å². The Labute approximate surface area is 734 Å². The molecule has 22 N–H and O–H groups in total. The molecule has 7 rings (SSSR count). The summed E-state index contributed by atoms with van der Waals surface area (Å²) in [7, 11) is 0. The number of rotatable bonds is 57. The minimum absolute atomic E-state index is 0.157. The summed E-state index contributed by atoms with van der Waals surface area (Å²) in [5.74, 6) is -2.13. The Morgan fingerprint density at radius 2 is 0.648 bits per heavy atom. The van der Waals surface area contributed by atoms with Crippen molar-refractivity contribution in [2.75, 3.05) is 39.6 Å². The second-order valence-electron chi connectivity index (χ2n) is 34.8. The van der Waals surface area contributed by atoms with E-state index >= 15 is 0 Å². The molecule has 7 fully saturated rings. The maximum Gasteiger partial charge on any atom is 0.220 e. The number of ether oxygens (including phenoxy) is 14. The van der Waals surface area contributed by atoms with Gasteiger partial charge in [-0.3, -0.25) is 14.4 Å². The second-order valence-corrected chi connectivity index (χ2v) is 34.8. The Morgan fingerprint density at radius 1 is 0.328 bits per heavy atom. The Hall–Kier alpha value is -3.17. The molecule has 0 spiro atoms. The van der Waals surface area contributed by atoms with Gasteiger partial charge >= 0.3 is 0 Å². The van der Waals surface area contributed by atoms with Gasteiger partial charge in [0.15, 0.2) is 44.0 Å². The van der Waals surface area contributed by atoms with E-state index in [4.69, 9.17) is 66.3 Å². The largest absolute Gasteiger partial charge is 0.394 e. The maximum absolute atomic E-state index is 13.7. The van der Waals surface area contributed by atoms with Crippen LogP contribution < -0.4 is 16.0 Å². The molecule has 0 aromatic carbocycles. The van der Waals surface area contributed by atoms with Crippen molar-refractivity contribution < 1.29 is 178 Å². The lowest BCUT2D eigenvalue weighted by Crippen LogP contribution is -2.71. The van der Waals surface area contributed by atoms with Gasteiger partial charge in [0.2, 0.25) is 17.7 Å². The first-order valence-corrected chi connectivity index (χ1v) is 46.2. The van der Waals surface area contributed by atoms with Crippen LogP contribution in [-0.4, -0.2) is 381 Å². The van der Waals surface area contributed by atoms with Crippen LogP contribution in [0.5, 0.6) is 0 Å². The van der Waals surface area contributed by atoms with Crippen LogP contribution in [0.25, 0.3) is 0 Å². The molecule has 0 aromatic rings. The first kappa shape index (κ1) is 109. The van der Waals surface area contributed by atoms with Gasteiger partial charge in [-0.15, -0.1) is 0 Å². The summed E-state index contributed by atoms with van der Waals surface area (Å²) in [6.07, 6.45) is -25.0. The topological polar surface area (TPSA) is 601 Å². The maximum atomic E-state index is 13.7. The predicted molar refractivity (Wildman–Crippen MR) is 442 cm³/mol. The second kappa shape index (κ2) is 57.4. The zero-order valence-corrected chi connectivity index (χ0v) is 73.8. The highest BCUT2D eigenvalue weighted by molar-refractivity contribution is 5.76. The van der Waals surface area contributed by atoms with Crippen molar-refractivity contribution in [2.24, 2.45) is 0 Å². The van der Waals surface area contributed by atoms with Crippen molar-refractivity contribution in [3.63, 3.8) is 0 Å². The molecule has 0 saturated carbocycles. The predicted octanol–water partition coefficient (Wildman–Crippen LogP) is -0.984. The Balaban J connectivity index is 1.04. The summed E-state index contributed by atoms with van der Waals surface area (Å²) in [4.78, 5) is 40.0. The Kier molecular flexibility index (Phi) is 50.0. The van der Waals surface area contributed by atoms with Crippen molar-refractivity contribution >= 4 is 17.7 Å². The molecule has 7 heterocycles. The Morgan fingerprint density at radius 3 is 1.06 bits per heavy atom. The van der Waals surface area contributed by atoms with E-state index < -0.39 is 278 Å². The summed E-state index contributed by atoms with van der Waals surface area (Å²) in [5.41, 5.74) is 0. The summed E-state index contributed by atoms with van der Waals surface area (Å²) >= 11 is 0. The van der Waals surface area contributed by atoms with Gasteiger partial charge in [-0.2, -0.15) is 0 Å². The molecule has 37 atom stereocenters. The van der Waals surface area contributed by atoms with Gasteiger partial charge in [0, 0.05) is 20.3 Å². The standard InChI is InChI=1S/C86H155N3O36/c1-7-9-11-13-15-17-19-21-22-23-24-25-26-28-30-32-34-36-38-40-58(98)89-51(52(97)39-37-35-33-31-29-27-20-18-16-14-12-10-8-2)46-112-82-71(109)68(106)75(56(44-93)119-82)121-85-72(110)79(64(102)53(41-90)115-85)125-81-60(88-50(6)96)77(123-84-70(108)67(105)62(100)48(4)114-84)76(57(45-94)118-81)122-86-73(111)78(63(101)54(42-91)116-86)124-80-59(87-49(5)95)65(103)74(55(43-92)117-80)120-83-69(107)66(104)61(99)47(3)113-83/h37,39,47-48,51-57,59-86,90-94,97,99-111H,7-36,38,40-46H2,1-6H3,(H,87,95)(H,88,96)(H,89,98)/b39-37+/t47?,48?,51-,52+,53?,54?,55?,56?,57?,59?,60?,61+,62+,63-,64-,65+,66?,67?,68+,69-,70-,71?,72?,73?,74+,75+,76+,77+,78-,79-,80-,81-,82+,83+,84+,85-,86-/m0/s1. The molecule has 39 nitrogen and oxygen atoms in total. The van der Waals surface area contributed by atoms with E-state index in [1.807, 2.05) is 6.08 Å². The van der Waals surface area contributed by atoms with Crippen LogP contribution >= 0.6 is 0 Å². The fourth-order valence-electron chi connectivity index (χ4n) is 17.2. The van der Waals surface area contributed by atoms with Gasteiger partial charge in [0.05, 0.1) is 64.0 Å². The quantitative estimate of drug-likeness (QED) is 0.0257. The van der Waals surface area contributed by atoms with Crippen molar-refractivity contribution in [1.29, 1.82) is 0 Å². The minimum atomic E-state index is -2.33. The number of carbonyl (C=O) groups is 3. The average Bonchev–Trinajstić information content (AvgIpc) is 0.757. The monoisotopic (exact) mass is 1810 g/mol. The van der Waals surface area contributed by atoms with E-state index in [0.29, 0.717) is 12.8 Å². The van der Waals surface area contributed by atoms with Crippen LogP contribution in [0.15, 0.2) is 12.2 Å². The first-order valence-electron chi connectivity index (χ1n) is 46.2. The minimum Gasteiger partial charge on any atom is -0.394 e. The molecule has 3 amide bonds. The van der Waals surface area contributed by atoms with Crippen LogP contribution in [0.2, 0.25) is 0 Å². The SMILES string of the molecule is CCCCCCCCCCCCC/C=C/[C@@H](O)[C@H](CO[C@@H]1OC(CO)[C@@H](O[C@@H]2OC(CO)[C@H](O)[C@H](O[C@@H]3OC(CO)[C@@H](O[C@@H]4OC(CO)[C@H](O)[C@H](O[C@@H]5OC(CO)[C@@H](O[C@H]6OC(C)[C@@H](O)C(O)[C@@H]6O)[C@H](O)C5NC(C)=O)C4O)[C@H](O[C@H]4OC(C)[C@@H](O)C(O)[C@@H]4O)C3NC(C)=O)C2O)[C@H](O)C1O)NC(=O)CCCCCCCCCCCCCCCCCCCCC. The van der Waals surface area contributed by atoms with Crippen LogP contribution in [-0.2, 0) is 80.7 Å². The number of amides is 3. The highest BCUT2D eigenvalue weighted by Crippen LogP contribution is 2.40. The van der Waals surface area contributed by atoms with Crippen molar-refractivity contribution in [3.05, 3.63) is 12.2 Å². The van der Waals surface area contributed by atoms with E-state index in [1.165, 1.54) is 149 Å². The number of allylic oxidation sites excluding steroid dienone is 1. The number of unbranched alkanes of at least 4 members (excludes halogenated alkanes) is 29. The van der Waals surface area contributed by atoms with Gasteiger partial charge in [-0.25, -0.2) is 0 Å². The normalized spacial score (nSPS) is 38.3. The van der Waals surface area contributed by atoms with Crippen LogP contribution in [0.3, 0.4) is 0 Å². The molecule has 0 radical (unpaired) electrons. The van der Waals surface area contributed by atoms with E-state index in [9.17, 15) is 111 Å². The van der Waals surface area contributed by atoms with Crippen molar-refractivity contribution in [2.45, 2.75) is 474 Å². The molecular weight excluding hydrogens is 1650 g/mol. The summed E-state index contributed by atoms with van der Waals surface area (Å²) in [6.45, 7) is 3.31. The van der Waals surface area contributed by atoms with Crippen molar-refractivity contribution in [3.8, 4) is 0 Å². The number of carbonyl (C=O) groups excluding carboxylic acids is 3. The molecular formula is C86H155N3O36. The molecule has 0 bridgehead atoms. The zero-order chi connectivity index (χ0) is 91.4. The molecule has 125 heavy (non-hydrogen) atoms. The highest BCUT2D eigenvalue weighted by atomic mass is 16.8. The smallest absolute Gasteiger partial charge is 0.220 e. The number of aliphatic hydroxyl groups is 19. The molecule has 39 heteroatoms. The average molecular weight is 1810 g/mol. The van der Waals surface area contributed by atoms with E-state index in [1.54, 1.807) is 6.08 Å². The highest BCUT2D eigenvalue weighted by Gasteiger charge is 2.60. The summed E-state index contributed by atoms with van der Waals surface area (Å²) in [5, 5.41) is 223. The van der Waals surface area contributed by atoms with Crippen LogP contribution in [0, 0.1) is 0 Å². The van der Waals surface area contributed by atoms with Gasteiger partial charge in [-0.05, 0) is 33.1 Å². The third kappa shape index (κ3) is 32.9. The number of nitrogens with one attached hydrogen (secondary N) is 3. The molecule has 14 unspecified atom stereocenters. The summed E-state index contributed by atoms with van der Waals surface area (Å²) in [6, 6.07) is -4.82.